The number of amides is 1. The van der Waals surface area contributed by atoms with Crippen molar-refractivity contribution < 1.29 is 19.4 Å². The normalized spacial score (nSPS) is 23.5. The van der Waals surface area contributed by atoms with E-state index in [0.29, 0.717) is 13.0 Å². The van der Waals surface area contributed by atoms with E-state index in [2.05, 4.69) is 20.5 Å². The van der Waals surface area contributed by atoms with Crippen LogP contribution in [0.2, 0.25) is 0 Å². The Balaban J connectivity index is 1.21. The van der Waals surface area contributed by atoms with Gasteiger partial charge in [0.2, 0.25) is 5.91 Å². The number of aryl methyl sites for hydroxylation is 1. The zero-order valence-electron chi connectivity index (χ0n) is 20.1. The van der Waals surface area contributed by atoms with Crippen LogP contribution in [0.15, 0.2) is 30.5 Å². The Morgan fingerprint density at radius 2 is 1.97 bits per heavy atom. The van der Waals surface area contributed by atoms with Crippen molar-refractivity contribution in [3.63, 3.8) is 0 Å². The Bertz CT molecular complexity index is 897. The molecule has 9 nitrogen and oxygen atoms in total. The molecule has 2 aliphatic heterocycles. The number of aliphatic hydroxyl groups excluding tert-OH is 1. The second kappa shape index (κ2) is 12.3. The smallest absolute Gasteiger partial charge is 0.221 e. The molecule has 0 spiro atoms. The van der Waals surface area contributed by atoms with Gasteiger partial charge in [0, 0.05) is 25.1 Å². The monoisotopic (exact) mass is 471 g/mol. The molecule has 1 aromatic carbocycles. The van der Waals surface area contributed by atoms with Gasteiger partial charge < -0.3 is 24.8 Å². The number of nitrogens with one attached hydrogen (secondary N) is 1. The Morgan fingerprint density at radius 1 is 1.18 bits per heavy atom. The number of likely N-dealkylation sites (tertiary alicyclic amines) is 1. The molecule has 1 aromatic heterocycles. The maximum atomic E-state index is 12.5. The molecule has 1 amide bonds. The average Bonchev–Trinajstić information content (AvgIpc) is 3.36. The zero-order valence-corrected chi connectivity index (χ0v) is 20.1. The van der Waals surface area contributed by atoms with E-state index >= 15 is 0 Å². The Labute approximate surface area is 201 Å². The van der Waals surface area contributed by atoms with E-state index in [9.17, 15) is 9.90 Å². The number of rotatable bonds is 10. The van der Waals surface area contributed by atoms with Gasteiger partial charge in [-0.3, -0.25) is 9.48 Å². The summed E-state index contributed by atoms with van der Waals surface area (Å²) in [6, 6.07) is 7.60. The van der Waals surface area contributed by atoms with Gasteiger partial charge in [-0.25, -0.2) is 0 Å². The number of aromatic nitrogens is 3. The number of nitrogens with zero attached hydrogens (tertiary/aromatic N) is 4. The third-order valence-electron chi connectivity index (χ3n) is 6.85. The number of benzene rings is 1. The van der Waals surface area contributed by atoms with E-state index < -0.39 is 0 Å². The molecule has 0 saturated carbocycles. The summed E-state index contributed by atoms with van der Waals surface area (Å²) in [6.45, 7) is 3.57. The molecular weight excluding hydrogens is 434 g/mol. The maximum Gasteiger partial charge on any atom is 0.221 e. The predicted octanol–water partition coefficient (Wildman–Crippen LogP) is 2.24. The van der Waals surface area contributed by atoms with E-state index in [4.69, 9.17) is 9.47 Å². The first kappa shape index (κ1) is 24.6. The second-order valence-corrected chi connectivity index (χ2v) is 9.27. The lowest BCUT2D eigenvalue weighted by Gasteiger charge is -2.36. The van der Waals surface area contributed by atoms with Crippen LogP contribution in [0.4, 0.5) is 0 Å². The molecule has 34 heavy (non-hydrogen) atoms. The van der Waals surface area contributed by atoms with Gasteiger partial charge in [-0.1, -0.05) is 11.6 Å². The van der Waals surface area contributed by atoms with Gasteiger partial charge in [0.1, 0.15) is 17.5 Å². The van der Waals surface area contributed by atoms with Crippen LogP contribution < -0.4 is 10.1 Å². The third kappa shape index (κ3) is 6.77. The van der Waals surface area contributed by atoms with Crippen molar-refractivity contribution in [2.24, 2.45) is 0 Å². The lowest BCUT2D eigenvalue weighted by atomic mass is 9.97. The van der Waals surface area contributed by atoms with E-state index in [0.717, 1.165) is 55.9 Å². The average molecular weight is 472 g/mol. The largest absolute Gasteiger partial charge is 0.497 e. The van der Waals surface area contributed by atoms with Crippen LogP contribution in [0.5, 0.6) is 5.75 Å². The minimum atomic E-state index is -0.372. The highest BCUT2D eigenvalue weighted by molar-refractivity contribution is 5.76. The van der Waals surface area contributed by atoms with Crippen LogP contribution in [-0.4, -0.2) is 82.5 Å². The fourth-order valence-corrected chi connectivity index (χ4v) is 4.81. The number of carbonyl (C=O) groups is 1. The van der Waals surface area contributed by atoms with Gasteiger partial charge in [-0.2, -0.15) is 0 Å². The third-order valence-corrected chi connectivity index (χ3v) is 6.85. The van der Waals surface area contributed by atoms with Crippen molar-refractivity contribution in [3.05, 3.63) is 30.5 Å². The Morgan fingerprint density at radius 3 is 2.71 bits per heavy atom. The van der Waals surface area contributed by atoms with Crippen LogP contribution in [0.25, 0.3) is 11.3 Å². The van der Waals surface area contributed by atoms with Crippen molar-refractivity contribution >= 4 is 5.91 Å². The lowest BCUT2D eigenvalue weighted by Crippen LogP contribution is -2.51. The number of carbonyl (C=O) groups excluding carboxylic acids is 1. The van der Waals surface area contributed by atoms with E-state index in [1.807, 2.05) is 35.1 Å². The number of piperidine rings is 1. The summed E-state index contributed by atoms with van der Waals surface area (Å²) < 4.78 is 13.2. The summed E-state index contributed by atoms with van der Waals surface area (Å²) in [5.74, 6) is 0.852. The summed E-state index contributed by atoms with van der Waals surface area (Å²) in [5, 5.41) is 21.5. The summed E-state index contributed by atoms with van der Waals surface area (Å²) in [6.07, 6.45) is 8.25. The van der Waals surface area contributed by atoms with Gasteiger partial charge in [0.25, 0.3) is 0 Å². The molecule has 0 radical (unpaired) electrons. The number of ether oxygens (including phenoxy) is 2. The van der Waals surface area contributed by atoms with Gasteiger partial charge in [0.05, 0.1) is 32.1 Å². The van der Waals surface area contributed by atoms with Crippen LogP contribution in [-0.2, 0) is 16.1 Å². The molecule has 3 atom stereocenters. The Kier molecular flexibility index (Phi) is 8.90. The summed E-state index contributed by atoms with van der Waals surface area (Å²) in [4.78, 5) is 14.8. The molecule has 2 saturated heterocycles. The van der Waals surface area contributed by atoms with Gasteiger partial charge in [0.15, 0.2) is 0 Å². The quantitative estimate of drug-likeness (QED) is 0.548. The van der Waals surface area contributed by atoms with E-state index in [1.165, 1.54) is 19.3 Å². The van der Waals surface area contributed by atoms with Crippen LogP contribution in [0.1, 0.15) is 44.9 Å². The van der Waals surface area contributed by atoms with Crippen molar-refractivity contribution in [2.75, 3.05) is 33.4 Å². The van der Waals surface area contributed by atoms with E-state index in [1.54, 1.807) is 7.11 Å². The summed E-state index contributed by atoms with van der Waals surface area (Å²) >= 11 is 0. The molecule has 2 aliphatic rings. The molecule has 2 fully saturated rings. The predicted molar refractivity (Wildman–Crippen MR) is 128 cm³/mol. The molecule has 0 aliphatic carbocycles. The molecule has 3 heterocycles. The highest BCUT2D eigenvalue weighted by Crippen LogP contribution is 2.24. The first-order valence-corrected chi connectivity index (χ1v) is 12.5. The highest BCUT2D eigenvalue weighted by Gasteiger charge is 2.31. The first-order valence-electron chi connectivity index (χ1n) is 12.5. The molecule has 186 valence electrons. The number of hydrogen-bond donors (Lipinski definition) is 2. The van der Waals surface area contributed by atoms with E-state index in [-0.39, 0.29) is 30.8 Å². The van der Waals surface area contributed by atoms with Crippen LogP contribution >= 0.6 is 0 Å². The number of aliphatic hydroxyl groups is 1. The standard InChI is InChI=1S/C25H37N5O4/c1-33-20-7-5-19(6-8-20)23-17-30(28-27-23)16-11-21-9-10-22(24(18-31)34-21)26-25(32)12-15-29-13-3-2-4-14-29/h5-8,17,21-22,24,31H,2-4,9-16,18H2,1H3,(H,26,32)/t21-,22-,24-/m0/s1. The molecule has 4 rings (SSSR count). The highest BCUT2D eigenvalue weighted by atomic mass is 16.5. The topological polar surface area (TPSA) is 102 Å². The lowest BCUT2D eigenvalue weighted by molar-refractivity contribution is -0.129. The molecular formula is C25H37N5O4. The van der Waals surface area contributed by atoms with Gasteiger partial charge in [-0.15, -0.1) is 5.10 Å². The molecule has 9 heteroatoms. The SMILES string of the molecule is COc1ccc(-c2cn(CC[C@@H]3CC[C@H](NC(=O)CCN4CCCCC4)[C@H](CO)O3)nn2)cc1. The molecule has 2 N–H and O–H groups in total. The fourth-order valence-electron chi connectivity index (χ4n) is 4.81. The summed E-state index contributed by atoms with van der Waals surface area (Å²) in [5.41, 5.74) is 1.80. The van der Waals surface area contributed by atoms with Crippen LogP contribution in [0.3, 0.4) is 0 Å². The minimum Gasteiger partial charge on any atom is -0.497 e. The van der Waals surface area contributed by atoms with Crippen molar-refractivity contribution in [1.82, 2.24) is 25.2 Å². The summed E-state index contributed by atoms with van der Waals surface area (Å²) in [7, 11) is 1.65. The second-order valence-electron chi connectivity index (χ2n) is 9.27. The van der Waals surface area contributed by atoms with Crippen molar-refractivity contribution in [3.8, 4) is 17.0 Å². The minimum absolute atomic E-state index is 0.0206. The van der Waals surface area contributed by atoms with Gasteiger partial charge in [-0.05, 0) is 69.5 Å². The number of methoxy groups -OCH3 is 1. The van der Waals surface area contributed by atoms with Crippen molar-refractivity contribution in [1.29, 1.82) is 0 Å². The Hall–Kier alpha value is -2.49. The van der Waals surface area contributed by atoms with Crippen LogP contribution in [0, 0.1) is 0 Å². The maximum absolute atomic E-state index is 12.5. The molecule has 0 bridgehead atoms. The first-order chi connectivity index (χ1) is 16.6. The zero-order chi connectivity index (χ0) is 23.8. The van der Waals surface area contributed by atoms with Gasteiger partial charge >= 0.3 is 0 Å². The number of hydrogen-bond acceptors (Lipinski definition) is 7. The molecule has 0 unspecified atom stereocenters. The van der Waals surface area contributed by atoms with Crippen molar-refractivity contribution in [2.45, 2.75) is 69.7 Å². The molecule has 2 aromatic rings. The fraction of sp³-hybridized carbons (Fsp3) is 0.640.